The van der Waals surface area contributed by atoms with Crippen molar-refractivity contribution in [1.82, 2.24) is 4.98 Å². The quantitative estimate of drug-likeness (QED) is 0.580. The van der Waals surface area contributed by atoms with E-state index in [0.29, 0.717) is 0 Å². The lowest BCUT2D eigenvalue weighted by atomic mass is 10.2. The number of hydrogen-bond donors (Lipinski definition) is 0. The van der Waals surface area contributed by atoms with E-state index in [0.717, 1.165) is 18.5 Å². The molecule has 0 saturated heterocycles. The highest BCUT2D eigenvalue weighted by atomic mass is 14.7. The van der Waals surface area contributed by atoms with Crippen LogP contribution in [0.3, 0.4) is 0 Å². The van der Waals surface area contributed by atoms with Crippen LogP contribution >= 0.6 is 0 Å². The van der Waals surface area contributed by atoms with Crippen LogP contribution < -0.4 is 0 Å². The standard InChI is InChI=1S/C10H11N/c1-3-4-5-10-7-6-9(2)8-11-10/h1,6-8H,4-5H2,2H3. The van der Waals surface area contributed by atoms with Gasteiger partial charge >= 0.3 is 0 Å². The van der Waals surface area contributed by atoms with Crippen molar-refractivity contribution in [3.63, 3.8) is 0 Å². The molecule has 11 heavy (non-hydrogen) atoms. The third-order valence-electron chi connectivity index (χ3n) is 1.50. The van der Waals surface area contributed by atoms with Crippen LogP contribution in [0.25, 0.3) is 0 Å². The molecular formula is C10H11N. The number of aryl methyl sites for hydroxylation is 2. The largest absolute Gasteiger partial charge is 0.261 e. The van der Waals surface area contributed by atoms with Gasteiger partial charge < -0.3 is 0 Å². The van der Waals surface area contributed by atoms with Crippen LogP contribution in [0.5, 0.6) is 0 Å². The third-order valence-corrected chi connectivity index (χ3v) is 1.50. The Balaban J connectivity index is 2.60. The van der Waals surface area contributed by atoms with E-state index in [2.05, 4.69) is 17.0 Å². The summed E-state index contributed by atoms with van der Waals surface area (Å²) in [6.07, 6.45) is 8.65. The first-order valence-corrected chi connectivity index (χ1v) is 3.68. The highest BCUT2D eigenvalue weighted by molar-refractivity contribution is 5.12. The SMILES string of the molecule is C#CCCc1ccc(C)cn1. The number of nitrogens with zero attached hydrogens (tertiary/aromatic N) is 1. The van der Waals surface area contributed by atoms with E-state index >= 15 is 0 Å². The summed E-state index contributed by atoms with van der Waals surface area (Å²) in [6.45, 7) is 2.03. The van der Waals surface area contributed by atoms with E-state index < -0.39 is 0 Å². The lowest BCUT2D eigenvalue weighted by molar-refractivity contribution is 0.959. The zero-order valence-electron chi connectivity index (χ0n) is 6.67. The minimum Gasteiger partial charge on any atom is -0.261 e. The van der Waals surface area contributed by atoms with Crippen molar-refractivity contribution >= 4 is 0 Å². The Hall–Kier alpha value is -1.29. The summed E-state index contributed by atoms with van der Waals surface area (Å²) < 4.78 is 0. The van der Waals surface area contributed by atoms with E-state index in [9.17, 15) is 0 Å². The monoisotopic (exact) mass is 145 g/mol. The fourth-order valence-corrected chi connectivity index (χ4v) is 0.847. The number of aromatic nitrogens is 1. The first-order valence-electron chi connectivity index (χ1n) is 3.68. The van der Waals surface area contributed by atoms with Crippen LogP contribution in [0.15, 0.2) is 18.3 Å². The van der Waals surface area contributed by atoms with Crippen molar-refractivity contribution in [2.45, 2.75) is 19.8 Å². The zero-order chi connectivity index (χ0) is 8.10. The molecule has 0 fully saturated rings. The molecule has 1 rings (SSSR count). The summed E-state index contributed by atoms with van der Waals surface area (Å²) in [5.41, 5.74) is 2.27. The molecule has 0 radical (unpaired) electrons. The van der Waals surface area contributed by atoms with E-state index in [1.165, 1.54) is 5.56 Å². The van der Waals surface area contributed by atoms with E-state index in [1.807, 2.05) is 19.2 Å². The molecule has 1 nitrogen and oxygen atoms in total. The van der Waals surface area contributed by atoms with Gasteiger partial charge in [0, 0.05) is 24.7 Å². The van der Waals surface area contributed by atoms with Gasteiger partial charge in [-0.2, -0.15) is 0 Å². The minimum absolute atomic E-state index is 0.774. The molecule has 0 aromatic carbocycles. The molecule has 1 aromatic rings. The first kappa shape index (κ1) is 7.81. The van der Waals surface area contributed by atoms with Gasteiger partial charge in [0.1, 0.15) is 0 Å². The Labute approximate surface area is 67.5 Å². The maximum absolute atomic E-state index is 5.13. The molecule has 0 saturated carbocycles. The van der Waals surface area contributed by atoms with Crippen LogP contribution in [-0.2, 0) is 6.42 Å². The van der Waals surface area contributed by atoms with E-state index in [1.54, 1.807) is 0 Å². The van der Waals surface area contributed by atoms with Crippen molar-refractivity contribution in [1.29, 1.82) is 0 Å². The molecule has 1 heterocycles. The van der Waals surface area contributed by atoms with E-state index in [-0.39, 0.29) is 0 Å². The molecule has 0 unspecified atom stereocenters. The van der Waals surface area contributed by atoms with Crippen LogP contribution in [0.1, 0.15) is 17.7 Å². The number of hydrogen-bond acceptors (Lipinski definition) is 1. The Morgan fingerprint density at radius 3 is 2.91 bits per heavy atom. The predicted molar refractivity (Wildman–Crippen MR) is 46.1 cm³/mol. The van der Waals surface area contributed by atoms with Crippen molar-refractivity contribution in [2.24, 2.45) is 0 Å². The molecule has 1 aromatic heterocycles. The van der Waals surface area contributed by atoms with Crippen molar-refractivity contribution in [3.05, 3.63) is 29.6 Å². The summed E-state index contributed by atoms with van der Waals surface area (Å²) >= 11 is 0. The van der Waals surface area contributed by atoms with Crippen LogP contribution in [0.2, 0.25) is 0 Å². The Bertz CT molecular complexity index is 253. The van der Waals surface area contributed by atoms with Gasteiger partial charge in [-0.05, 0) is 18.6 Å². The van der Waals surface area contributed by atoms with Crippen LogP contribution in [-0.4, -0.2) is 4.98 Å². The third kappa shape index (κ3) is 2.43. The summed E-state index contributed by atoms with van der Waals surface area (Å²) in [4.78, 5) is 4.22. The van der Waals surface area contributed by atoms with Gasteiger partial charge in [-0.3, -0.25) is 4.98 Å². The van der Waals surface area contributed by atoms with Gasteiger partial charge in [0.05, 0.1) is 0 Å². The zero-order valence-corrected chi connectivity index (χ0v) is 6.67. The average molecular weight is 145 g/mol. The van der Waals surface area contributed by atoms with Gasteiger partial charge in [0.2, 0.25) is 0 Å². The Kier molecular flexibility index (Phi) is 2.68. The minimum atomic E-state index is 0.774. The predicted octanol–water partition coefficient (Wildman–Crippen LogP) is 1.96. The summed E-state index contributed by atoms with van der Waals surface area (Å²) in [7, 11) is 0. The van der Waals surface area contributed by atoms with Gasteiger partial charge in [0.15, 0.2) is 0 Å². The molecule has 0 bridgehead atoms. The molecule has 1 heteroatoms. The second-order valence-corrected chi connectivity index (χ2v) is 2.53. The highest BCUT2D eigenvalue weighted by Crippen LogP contribution is 2.00. The molecular weight excluding hydrogens is 134 g/mol. The summed E-state index contributed by atoms with van der Waals surface area (Å²) in [5, 5.41) is 0. The van der Waals surface area contributed by atoms with Gasteiger partial charge in [0.25, 0.3) is 0 Å². The fourth-order valence-electron chi connectivity index (χ4n) is 0.847. The molecule has 56 valence electrons. The molecule has 0 aliphatic heterocycles. The molecule has 0 aliphatic rings. The van der Waals surface area contributed by atoms with Crippen LogP contribution in [0, 0.1) is 19.3 Å². The maximum atomic E-state index is 5.13. The molecule has 0 amide bonds. The average Bonchev–Trinajstić information content (AvgIpc) is 2.04. The van der Waals surface area contributed by atoms with Gasteiger partial charge in [-0.15, -0.1) is 12.3 Å². The van der Waals surface area contributed by atoms with Crippen molar-refractivity contribution in [2.75, 3.05) is 0 Å². The number of rotatable bonds is 2. The Morgan fingerprint density at radius 1 is 1.55 bits per heavy atom. The second kappa shape index (κ2) is 3.78. The highest BCUT2D eigenvalue weighted by Gasteiger charge is 1.90. The molecule has 0 atom stereocenters. The van der Waals surface area contributed by atoms with Crippen LogP contribution in [0.4, 0.5) is 0 Å². The van der Waals surface area contributed by atoms with Gasteiger partial charge in [-0.25, -0.2) is 0 Å². The topological polar surface area (TPSA) is 12.9 Å². The molecule has 0 spiro atoms. The lowest BCUT2D eigenvalue weighted by Crippen LogP contribution is -1.88. The van der Waals surface area contributed by atoms with Crippen molar-refractivity contribution in [3.8, 4) is 12.3 Å². The smallest absolute Gasteiger partial charge is 0.0413 e. The first-order chi connectivity index (χ1) is 5.33. The molecule has 0 aliphatic carbocycles. The summed E-state index contributed by atoms with van der Waals surface area (Å²) in [6, 6.07) is 4.07. The number of terminal acetylenes is 1. The van der Waals surface area contributed by atoms with Gasteiger partial charge in [-0.1, -0.05) is 6.07 Å². The lowest BCUT2D eigenvalue weighted by Gasteiger charge is -1.96. The van der Waals surface area contributed by atoms with E-state index in [4.69, 9.17) is 6.42 Å². The maximum Gasteiger partial charge on any atom is 0.0413 e. The summed E-state index contributed by atoms with van der Waals surface area (Å²) in [5.74, 6) is 2.59. The normalized spacial score (nSPS) is 9.09. The Morgan fingerprint density at radius 2 is 2.36 bits per heavy atom. The molecule has 0 N–H and O–H groups in total. The van der Waals surface area contributed by atoms with Crippen molar-refractivity contribution < 1.29 is 0 Å². The number of pyridine rings is 1. The second-order valence-electron chi connectivity index (χ2n) is 2.53. The fraction of sp³-hybridized carbons (Fsp3) is 0.300.